The van der Waals surface area contributed by atoms with E-state index in [0.29, 0.717) is 6.61 Å². The zero-order chi connectivity index (χ0) is 12.4. The summed E-state index contributed by atoms with van der Waals surface area (Å²) in [5.74, 6) is 0.846. The van der Waals surface area contributed by atoms with Crippen molar-refractivity contribution >= 4 is 11.0 Å². The Kier molecular flexibility index (Phi) is 2.77. The molecule has 0 saturated carbocycles. The van der Waals surface area contributed by atoms with Crippen LogP contribution in [0, 0.1) is 0 Å². The van der Waals surface area contributed by atoms with E-state index in [4.69, 9.17) is 9.15 Å². The number of hydrogen-bond donors (Lipinski definition) is 0. The second kappa shape index (κ2) is 4.57. The second-order valence-electron chi connectivity index (χ2n) is 4.11. The molecule has 3 aromatic rings. The van der Waals surface area contributed by atoms with Crippen LogP contribution in [0.25, 0.3) is 22.1 Å². The first kappa shape index (κ1) is 10.9. The topological polar surface area (TPSA) is 22.4 Å². The molecule has 0 N–H and O–H groups in total. The highest BCUT2D eigenvalue weighted by atomic mass is 16.5. The van der Waals surface area contributed by atoms with Crippen molar-refractivity contribution in [2.24, 2.45) is 0 Å². The highest BCUT2D eigenvalue weighted by Crippen LogP contribution is 2.32. The molecule has 0 aliphatic rings. The maximum Gasteiger partial charge on any atom is 0.138 e. The third-order valence-corrected chi connectivity index (χ3v) is 2.94. The second-order valence-corrected chi connectivity index (χ2v) is 4.11. The Morgan fingerprint density at radius 2 is 1.89 bits per heavy atom. The lowest BCUT2D eigenvalue weighted by molar-refractivity contribution is 0.340. The van der Waals surface area contributed by atoms with Crippen LogP contribution < -0.4 is 4.74 Å². The summed E-state index contributed by atoms with van der Waals surface area (Å²) in [7, 11) is 0. The average Bonchev–Trinajstić information content (AvgIpc) is 2.83. The fourth-order valence-electron chi connectivity index (χ4n) is 2.11. The standard InChI is InChI=1S/C16H14O2/c1-2-17-13-8-9-14-15(11-18-16(14)10-13)12-6-4-3-5-7-12/h3-11H,2H2,1H3. The third-order valence-electron chi connectivity index (χ3n) is 2.94. The minimum absolute atomic E-state index is 0.664. The van der Waals surface area contributed by atoms with Crippen LogP contribution in [0.1, 0.15) is 6.92 Å². The molecule has 0 aliphatic heterocycles. The SMILES string of the molecule is CCOc1ccc2c(-c3ccccc3)coc2c1. The highest BCUT2D eigenvalue weighted by molar-refractivity contribution is 5.94. The van der Waals surface area contributed by atoms with Crippen molar-refractivity contribution < 1.29 is 9.15 Å². The van der Waals surface area contributed by atoms with Crippen LogP contribution in [0.2, 0.25) is 0 Å². The lowest BCUT2D eigenvalue weighted by Crippen LogP contribution is -1.90. The normalized spacial score (nSPS) is 10.7. The zero-order valence-corrected chi connectivity index (χ0v) is 10.2. The van der Waals surface area contributed by atoms with Gasteiger partial charge in [-0.15, -0.1) is 0 Å². The number of ether oxygens (including phenoxy) is 1. The lowest BCUT2D eigenvalue weighted by atomic mass is 10.1. The monoisotopic (exact) mass is 238 g/mol. The Hall–Kier alpha value is -2.22. The van der Waals surface area contributed by atoms with Crippen molar-refractivity contribution in [3.8, 4) is 16.9 Å². The van der Waals surface area contributed by atoms with Crippen molar-refractivity contribution in [2.75, 3.05) is 6.61 Å². The summed E-state index contributed by atoms with van der Waals surface area (Å²) in [5, 5.41) is 1.12. The fraction of sp³-hybridized carbons (Fsp3) is 0.125. The predicted octanol–water partition coefficient (Wildman–Crippen LogP) is 4.50. The van der Waals surface area contributed by atoms with Crippen LogP contribution in [0.5, 0.6) is 5.75 Å². The molecule has 0 bridgehead atoms. The van der Waals surface area contributed by atoms with Gasteiger partial charge in [0.25, 0.3) is 0 Å². The van der Waals surface area contributed by atoms with Crippen molar-refractivity contribution in [2.45, 2.75) is 6.92 Å². The van der Waals surface area contributed by atoms with Gasteiger partial charge in [0, 0.05) is 17.0 Å². The molecule has 0 spiro atoms. The lowest BCUT2D eigenvalue weighted by Gasteiger charge is -2.02. The molecule has 0 atom stereocenters. The summed E-state index contributed by atoms with van der Waals surface area (Å²) in [5.41, 5.74) is 3.15. The Morgan fingerprint density at radius 1 is 1.06 bits per heavy atom. The van der Waals surface area contributed by atoms with Crippen LogP contribution in [-0.2, 0) is 0 Å². The summed E-state index contributed by atoms with van der Waals surface area (Å²) in [4.78, 5) is 0. The van der Waals surface area contributed by atoms with E-state index in [-0.39, 0.29) is 0 Å². The first-order valence-electron chi connectivity index (χ1n) is 6.08. The summed E-state index contributed by atoms with van der Waals surface area (Å²) in [6.45, 7) is 2.64. The van der Waals surface area contributed by atoms with E-state index in [1.54, 1.807) is 6.26 Å². The van der Waals surface area contributed by atoms with Gasteiger partial charge in [-0.2, -0.15) is 0 Å². The van der Waals surface area contributed by atoms with Crippen LogP contribution in [-0.4, -0.2) is 6.61 Å². The van der Waals surface area contributed by atoms with Gasteiger partial charge in [0.1, 0.15) is 11.3 Å². The molecule has 0 radical (unpaired) electrons. The largest absolute Gasteiger partial charge is 0.494 e. The smallest absolute Gasteiger partial charge is 0.138 e. The van der Waals surface area contributed by atoms with Crippen molar-refractivity contribution in [1.29, 1.82) is 0 Å². The van der Waals surface area contributed by atoms with E-state index in [0.717, 1.165) is 22.3 Å². The van der Waals surface area contributed by atoms with Gasteiger partial charge in [-0.3, -0.25) is 0 Å². The molecule has 2 nitrogen and oxygen atoms in total. The van der Waals surface area contributed by atoms with E-state index in [2.05, 4.69) is 12.1 Å². The molecule has 0 unspecified atom stereocenters. The molecule has 90 valence electrons. The van der Waals surface area contributed by atoms with Gasteiger partial charge in [0.05, 0.1) is 12.9 Å². The number of furan rings is 1. The Labute approximate surface area is 106 Å². The zero-order valence-electron chi connectivity index (χ0n) is 10.2. The summed E-state index contributed by atoms with van der Waals surface area (Å²) >= 11 is 0. The van der Waals surface area contributed by atoms with E-state index in [1.807, 2.05) is 43.3 Å². The molecule has 2 aromatic carbocycles. The molecular weight excluding hydrogens is 224 g/mol. The van der Waals surface area contributed by atoms with Gasteiger partial charge in [-0.1, -0.05) is 30.3 Å². The Balaban J connectivity index is 2.10. The van der Waals surface area contributed by atoms with Crippen molar-refractivity contribution in [3.63, 3.8) is 0 Å². The number of hydrogen-bond acceptors (Lipinski definition) is 2. The van der Waals surface area contributed by atoms with Crippen LogP contribution >= 0.6 is 0 Å². The minimum Gasteiger partial charge on any atom is -0.494 e. The molecule has 0 fully saturated rings. The maximum atomic E-state index is 5.61. The van der Waals surface area contributed by atoms with Gasteiger partial charge in [-0.05, 0) is 24.6 Å². The highest BCUT2D eigenvalue weighted by Gasteiger charge is 2.08. The predicted molar refractivity (Wildman–Crippen MR) is 72.8 cm³/mol. The van der Waals surface area contributed by atoms with Crippen LogP contribution in [0.3, 0.4) is 0 Å². The Morgan fingerprint density at radius 3 is 2.67 bits per heavy atom. The van der Waals surface area contributed by atoms with Crippen LogP contribution in [0.4, 0.5) is 0 Å². The molecule has 3 rings (SSSR count). The third kappa shape index (κ3) is 1.86. The first-order chi connectivity index (χ1) is 8.88. The van der Waals surface area contributed by atoms with Gasteiger partial charge in [0.15, 0.2) is 0 Å². The number of fused-ring (bicyclic) bond motifs is 1. The molecule has 0 amide bonds. The van der Waals surface area contributed by atoms with Crippen molar-refractivity contribution in [1.82, 2.24) is 0 Å². The molecule has 0 aliphatic carbocycles. The van der Waals surface area contributed by atoms with Crippen LogP contribution in [0.15, 0.2) is 59.2 Å². The summed E-state index contributed by atoms with van der Waals surface area (Å²) < 4.78 is 11.1. The Bertz CT molecular complexity index is 653. The number of rotatable bonds is 3. The fourth-order valence-corrected chi connectivity index (χ4v) is 2.11. The van der Waals surface area contributed by atoms with E-state index < -0.39 is 0 Å². The average molecular weight is 238 g/mol. The molecule has 2 heteroatoms. The van der Waals surface area contributed by atoms with Gasteiger partial charge in [0.2, 0.25) is 0 Å². The first-order valence-corrected chi connectivity index (χ1v) is 6.08. The van der Waals surface area contributed by atoms with E-state index >= 15 is 0 Å². The van der Waals surface area contributed by atoms with E-state index in [9.17, 15) is 0 Å². The van der Waals surface area contributed by atoms with Gasteiger partial charge >= 0.3 is 0 Å². The van der Waals surface area contributed by atoms with E-state index in [1.165, 1.54) is 5.56 Å². The quantitative estimate of drug-likeness (QED) is 0.670. The number of benzene rings is 2. The summed E-state index contributed by atoms with van der Waals surface area (Å²) in [6, 6.07) is 16.2. The van der Waals surface area contributed by atoms with Gasteiger partial charge in [-0.25, -0.2) is 0 Å². The van der Waals surface area contributed by atoms with Crippen molar-refractivity contribution in [3.05, 3.63) is 54.8 Å². The molecule has 1 aromatic heterocycles. The van der Waals surface area contributed by atoms with Gasteiger partial charge < -0.3 is 9.15 Å². The molecule has 0 saturated heterocycles. The molecular formula is C16H14O2. The summed E-state index contributed by atoms with van der Waals surface area (Å²) in [6.07, 6.45) is 1.80. The molecule has 1 heterocycles. The maximum absolute atomic E-state index is 5.61. The minimum atomic E-state index is 0.664. The molecule has 18 heavy (non-hydrogen) atoms.